The lowest BCUT2D eigenvalue weighted by Gasteiger charge is -2.26. The minimum Gasteiger partial charge on any atom is -0.385 e. The van der Waals surface area contributed by atoms with Gasteiger partial charge >= 0.3 is 0 Å². The van der Waals surface area contributed by atoms with E-state index in [9.17, 15) is 0 Å². The number of aliphatic imine (C=N–C) groups is 1. The molecule has 0 aromatic rings. The molecular weight excluding hydrogens is 280 g/mol. The van der Waals surface area contributed by atoms with Crippen molar-refractivity contribution in [1.29, 1.82) is 0 Å². The normalized spacial score (nSPS) is 16.7. The topological polar surface area (TPSA) is 58.1 Å². The van der Waals surface area contributed by atoms with Crippen molar-refractivity contribution in [3.63, 3.8) is 0 Å². The molecule has 0 saturated carbocycles. The number of nitrogens with zero attached hydrogens (tertiary/aromatic N) is 2. The summed E-state index contributed by atoms with van der Waals surface area (Å²) in [6, 6.07) is 0. The Morgan fingerprint density at radius 2 is 1.95 bits per heavy atom. The molecule has 1 aliphatic heterocycles. The number of nitrogens with one attached hydrogen (secondary N) is 2. The van der Waals surface area contributed by atoms with E-state index >= 15 is 0 Å². The Morgan fingerprint density at radius 1 is 1.14 bits per heavy atom. The predicted octanol–water partition coefficient (Wildman–Crippen LogP) is 1.08. The van der Waals surface area contributed by atoms with E-state index in [0.29, 0.717) is 0 Å². The number of morpholine rings is 1. The van der Waals surface area contributed by atoms with E-state index in [1.165, 1.54) is 6.42 Å². The van der Waals surface area contributed by atoms with Crippen LogP contribution in [-0.2, 0) is 9.47 Å². The van der Waals surface area contributed by atoms with E-state index in [2.05, 4.69) is 27.4 Å². The van der Waals surface area contributed by atoms with Crippen LogP contribution < -0.4 is 10.6 Å². The molecule has 0 unspecified atom stereocenters. The maximum absolute atomic E-state index is 5.36. The third-order valence-corrected chi connectivity index (χ3v) is 3.67. The van der Waals surface area contributed by atoms with Crippen molar-refractivity contribution in [3.8, 4) is 0 Å². The van der Waals surface area contributed by atoms with E-state index in [1.807, 2.05) is 0 Å². The Hall–Kier alpha value is -0.850. The van der Waals surface area contributed by atoms with Gasteiger partial charge in [0.05, 0.1) is 13.2 Å². The second-order valence-electron chi connectivity index (χ2n) is 5.55. The van der Waals surface area contributed by atoms with Crippen LogP contribution in [0.25, 0.3) is 0 Å². The molecule has 0 aliphatic carbocycles. The maximum atomic E-state index is 5.36. The Kier molecular flexibility index (Phi) is 12.0. The van der Waals surface area contributed by atoms with Crippen molar-refractivity contribution in [2.24, 2.45) is 4.99 Å². The summed E-state index contributed by atoms with van der Waals surface area (Å²) in [5.74, 6) is 0.941. The molecule has 1 aliphatic rings. The second-order valence-corrected chi connectivity index (χ2v) is 5.55. The zero-order valence-corrected chi connectivity index (χ0v) is 14.4. The molecule has 0 bridgehead atoms. The van der Waals surface area contributed by atoms with Crippen molar-refractivity contribution in [2.45, 2.75) is 32.6 Å². The third-order valence-electron chi connectivity index (χ3n) is 3.67. The second kappa shape index (κ2) is 13.8. The number of guanidine groups is 1. The van der Waals surface area contributed by atoms with Gasteiger partial charge in [0.25, 0.3) is 0 Å². The Bertz CT molecular complexity index is 281. The van der Waals surface area contributed by atoms with E-state index < -0.39 is 0 Å². The van der Waals surface area contributed by atoms with Gasteiger partial charge in [0.1, 0.15) is 0 Å². The van der Waals surface area contributed by atoms with Gasteiger partial charge in [-0.05, 0) is 32.6 Å². The molecule has 1 saturated heterocycles. The van der Waals surface area contributed by atoms with Gasteiger partial charge in [0.15, 0.2) is 5.96 Å². The fourth-order valence-corrected chi connectivity index (χ4v) is 2.41. The van der Waals surface area contributed by atoms with Gasteiger partial charge in [-0.25, -0.2) is 0 Å². The fraction of sp³-hybridized carbons (Fsp3) is 0.938. The highest BCUT2D eigenvalue weighted by molar-refractivity contribution is 5.79. The van der Waals surface area contributed by atoms with Crippen LogP contribution in [0.5, 0.6) is 0 Å². The summed E-state index contributed by atoms with van der Waals surface area (Å²) in [5, 5.41) is 6.70. The Balaban J connectivity index is 2.09. The summed E-state index contributed by atoms with van der Waals surface area (Å²) in [6.45, 7) is 10.7. The standard InChI is InChI=1S/C16H34N4O2/c1-3-17-16(18-8-5-4-6-13-21-2)19-9-7-10-20-11-14-22-15-12-20/h3-15H2,1-2H3,(H2,17,18,19). The highest BCUT2D eigenvalue weighted by Gasteiger charge is 2.08. The van der Waals surface area contributed by atoms with Gasteiger partial charge in [0.2, 0.25) is 0 Å². The van der Waals surface area contributed by atoms with Crippen LogP contribution >= 0.6 is 0 Å². The van der Waals surface area contributed by atoms with E-state index in [0.717, 1.165) is 84.3 Å². The average molecular weight is 314 g/mol. The first-order valence-corrected chi connectivity index (χ1v) is 8.68. The summed E-state index contributed by atoms with van der Waals surface area (Å²) < 4.78 is 10.4. The van der Waals surface area contributed by atoms with Crippen LogP contribution in [0.15, 0.2) is 4.99 Å². The first-order chi connectivity index (χ1) is 10.9. The molecule has 0 spiro atoms. The largest absolute Gasteiger partial charge is 0.385 e. The van der Waals surface area contributed by atoms with Crippen molar-refractivity contribution in [1.82, 2.24) is 15.5 Å². The summed E-state index contributed by atoms with van der Waals surface area (Å²) in [5.41, 5.74) is 0. The highest BCUT2D eigenvalue weighted by Crippen LogP contribution is 1.98. The SMILES string of the molecule is CCNC(=NCCCN1CCOCC1)NCCCCCOC. The van der Waals surface area contributed by atoms with Gasteiger partial charge in [0, 0.05) is 53.0 Å². The smallest absolute Gasteiger partial charge is 0.191 e. The molecule has 2 N–H and O–H groups in total. The monoisotopic (exact) mass is 314 g/mol. The maximum Gasteiger partial charge on any atom is 0.191 e. The summed E-state index contributed by atoms with van der Waals surface area (Å²) >= 11 is 0. The zero-order chi connectivity index (χ0) is 15.9. The quantitative estimate of drug-likeness (QED) is 0.339. The van der Waals surface area contributed by atoms with Gasteiger partial charge in [-0.15, -0.1) is 0 Å². The van der Waals surface area contributed by atoms with Crippen LogP contribution in [0.4, 0.5) is 0 Å². The number of methoxy groups -OCH3 is 1. The lowest BCUT2D eigenvalue weighted by molar-refractivity contribution is 0.0377. The molecule has 6 nitrogen and oxygen atoms in total. The molecule has 1 rings (SSSR count). The predicted molar refractivity (Wildman–Crippen MR) is 91.6 cm³/mol. The fourth-order valence-electron chi connectivity index (χ4n) is 2.41. The van der Waals surface area contributed by atoms with Crippen molar-refractivity contribution >= 4 is 5.96 Å². The first-order valence-electron chi connectivity index (χ1n) is 8.68. The molecule has 0 amide bonds. The zero-order valence-electron chi connectivity index (χ0n) is 14.4. The molecule has 0 aromatic heterocycles. The average Bonchev–Trinajstić information content (AvgIpc) is 2.55. The third kappa shape index (κ3) is 9.97. The Morgan fingerprint density at radius 3 is 2.68 bits per heavy atom. The van der Waals surface area contributed by atoms with Crippen LogP contribution in [0, 0.1) is 0 Å². The number of ether oxygens (including phenoxy) is 2. The number of unbranched alkanes of at least 4 members (excludes halogenated alkanes) is 2. The summed E-state index contributed by atoms with van der Waals surface area (Å²) in [7, 11) is 1.76. The molecule has 22 heavy (non-hydrogen) atoms. The van der Waals surface area contributed by atoms with Crippen molar-refractivity contribution < 1.29 is 9.47 Å². The lowest BCUT2D eigenvalue weighted by atomic mass is 10.2. The lowest BCUT2D eigenvalue weighted by Crippen LogP contribution is -2.38. The molecule has 0 radical (unpaired) electrons. The summed E-state index contributed by atoms with van der Waals surface area (Å²) in [6.07, 6.45) is 4.58. The minimum absolute atomic E-state index is 0.857. The van der Waals surface area contributed by atoms with Crippen LogP contribution in [-0.4, -0.2) is 77.1 Å². The highest BCUT2D eigenvalue weighted by atomic mass is 16.5. The minimum atomic E-state index is 0.857. The first kappa shape index (κ1) is 19.2. The number of hydrogen-bond donors (Lipinski definition) is 2. The van der Waals surface area contributed by atoms with Gasteiger partial charge in [-0.2, -0.15) is 0 Å². The van der Waals surface area contributed by atoms with Gasteiger partial charge in [-0.3, -0.25) is 9.89 Å². The number of rotatable bonds is 11. The van der Waals surface area contributed by atoms with Crippen LogP contribution in [0.3, 0.4) is 0 Å². The van der Waals surface area contributed by atoms with E-state index in [1.54, 1.807) is 7.11 Å². The van der Waals surface area contributed by atoms with E-state index in [4.69, 9.17) is 9.47 Å². The number of hydrogen-bond acceptors (Lipinski definition) is 4. The van der Waals surface area contributed by atoms with Crippen molar-refractivity contribution in [3.05, 3.63) is 0 Å². The molecule has 6 heteroatoms. The van der Waals surface area contributed by atoms with Crippen LogP contribution in [0.1, 0.15) is 32.6 Å². The molecule has 1 fully saturated rings. The van der Waals surface area contributed by atoms with Crippen molar-refractivity contribution in [2.75, 3.05) is 66.2 Å². The molecular formula is C16H34N4O2. The summed E-state index contributed by atoms with van der Waals surface area (Å²) in [4.78, 5) is 7.10. The molecule has 130 valence electrons. The van der Waals surface area contributed by atoms with E-state index in [-0.39, 0.29) is 0 Å². The van der Waals surface area contributed by atoms with Gasteiger partial charge < -0.3 is 20.1 Å². The molecule has 1 heterocycles. The molecule has 0 atom stereocenters. The molecule has 0 aromatic carbocycles. The van der Waals surface area contributed by atoms with Gasteiger partial charge in [-0.1, -0.05) is 0 Å². The Labute approximate surface area is 135 Å². The van der Waals surface area contributed by atoms with Crippen LogP contribution in [0.2, 0.25) is 0 Å².